The maximum absolute atomic E-state index is 13.3. The van der Waals surface area contributed by atoms with E-state index in [9.17, 15) is 13.6 Å². The second-order valence-electron chi connectivity index (χ2n) is 4.87. The highest BCUT2D eigenvalue weighted by atomic mass is 19.1. The van der Waals surface area contributed by atoms with Gasteiger partial charge in [0.1, 0.15) is 11.6 Å². The zero-order chi connectivity index (χ0) is 13.7. The number of hydrogen-bond acceptors (Lipinski definition) is 1. The first-order chi connectivity index (χ1) is 9.15. The lowest BCUT2D eigenvalue weighted by Gasteiger charge is -2.13. The summed E-state index contributed by atoms with van der Waals surface area (Å²) in [5.74, 6) is -0.911. The summed E-state index contributed by atoms with van der Waals surface area (Å²) in [5.41, 5.74) is 0.279. The number of benzene rings is 1. The Morgan fingerprint density at radius 3 is 2.74 bits per heavy atom. The van der Waals surface area contributed by atoms with Crippen molar-refractivity contribution in [2.45, 2.75) is 38.1 Å². The van der Waals surface area contributed by atoms with Crippen LogP contribution in [0.15, 0.2) is 18.2 Å². The van der Waals surface area contributed by atoms with Gasteiger partial charge in [0.15, 0.2) is 0 Å². The molecule has 2 amide bonds. The molecule has 1 aliphatic carbocycles. The molecule has 0 saturated heterocycles. The van der Waals surface area contributed by atoms with Crippen LogP contribution in [0.2, 0.25) is 0 Å². The number of hydrogen-bond donors (Lipinski definition) is 2. The normalized spacial score (nSPS) is 15.5. The summed E-state index contributed by atoms with van der Waals surface area (Å²) >= 11 is 0. The molecule has 19 heavy (non-hydrogen) atoms. The second kappa shape index (κ2) is 6.50. The number of amides is 2. The molecule has 0 bridgehead atoms. The molecule has 0 spiro atoms. The number of halogens is 2. The number of carbonyl (C=O) groups is 1. The minimum atomic E-state index is -0.466. The monoisotopic (exact) mass is 268 g/mol. The molecule has 1 aliphatic rings. The lowest BCUT2D eigenvalue weighted by atomic mass is 10.1. The fraction of sp³-hybridized carbons (Fsp3) is 0.500. The molecular weight excluding hydrogens is 250 g/mol. The molecule has 3 nitrogen and oxygen atoms in total. The zero-order valence-corrected chi connectivity index (χ0v) is 10.7. The van der Waals surface area contributed by atoms with Crippen molar-refractivity contribution in [1.29, 1.82) is 0 Å². The number of carbonyl (C=O) groups excluding carboxylic acids is 1. The van der Waals surface area contributed by atoms with Crippen molar-refractivity contribution >= 4 is 6.03 Å². The maximum atomic E-state index is 13.3. The van der Waals surface area contributed by atoms with Crippen LogP contribution in [0.4, 0.5) is 13.6 Å². The van der Waals surface area contributed by atoms with Gasteiger partial charge >= 0.3 is 6.03 Å². The Labute approximate surface area is 111 Å². The summed E-state index contributed by atoms with van der Waals surface area (Å²) in [4.78, 5) is 11.6. The van der Waals surface area contributed by atoms with Gasteiger partial charge in [0, 0.05) is 12.6 Å². The second-order valence-corrected chi connectivity index (χ2v) is 4.87. The van der Waals surface area contributed by atoms with Crippen LogP contribution in [-0.4, -0.2) is 18.6 Å². The van der Waals surface area contributed by atoms with Gasteiger partial charge in [-0.15, -0.1) is 0 Å². The fourth-order valence-electron chi connectivity index (χ4n) is 2.35. The Hall–Kier alpha value is -1.65. The molecule has 0 aromatic heterocycles. The van der Waals surface area contributed by atoms with Crippen molar-refractivity contribution in [1.82, 2.24) is 10.6 Å². The Morgan fingerprint density at radius 1 is 1.26 bits per heavy atom. The molecule has 0 radical (unpaired) electrons. The van der Waals surface area contributed by atoms with Crippen LogP contribution in [0.1, 0.15) is 31.2 Å². The van der Waals surface area contributed by atoms with E-state index in [4.69, 9.17) is 0 Å². The predicted octanol–water partition coefficient (Wildman–Crippen LogP) is 2.75. The SMILES string of the molecule is O=C(NCCc1cc(F)ccc1F)NC1CCCC1. The van der Waals surface area contributed by atoms with Crippen molar-refractivity contribution in [3.05, 3.63) is 35.4 Å². The third kappa shape index (κ3) is 4.19. The fourth-order valence-corrected chi connectivity index (χ4v) is 2.35. The Morgan fingerprint density at radius 2 is 2.00 bits per heavy atom. The van der Waals surface area contributed by atoms with Crippen LogP contribution in [0.25, 0.3) is 0 Å². The molecule has 0 aliphatic heterocycles. The first-order valence-corrected chi connectivity index (χ1v) is 6.63. The molecule has 0 heterocycles. The highest BCUT2D eigenvalue weighted by molar-refractivity contribution is 5.74. The zero-order valence-electron chi connectivity index (χ0n) is 10.7. The average molecular weight is 268 g/mol. The van der Waals surface area contributed by atoms with Crippen LogP contribution in [0, 0.1) is 11.6 Å². The quantitative estimate of drug-likeness (QED) is 0.866. The largest absolute Gasteiger partial charge is 0.338 e. The minimum Gasteiger partial charge on any atom is -0.338 e. The maximum Gasteiger partial charge on any atom is 0.315 e. The molecule has 104 valence electrons. The Bertz CT molecular complexity index is 445. The Kier molecular flexibility index (Phi) is 4.71. The summed E-state index contributed by atoms with van der Waals surface area (Å²) in [7, 11) is 0. The van der Waals surface area contributed by atoms with Crippen molar-refractivity contribution in [2.24, 2.45) is 0 Å². The molecule has 1 fully saturated rings. The Balaban J connectivity index is 1.73. The molecule has 0 unspecified atom stereocenters. The van der Waals surface area contributed by atoms with Crippen LogP contribution in [0.5, 0.6) is 0 Å². The summed E-state index contributed by atoms with van der Waals surface area (Å²) in [6.45, 7) is 0.291. The van der Waals surface area contributed by atoms with Crippen LogP contribution < -0.4 is 10.6 Å². The first-order valence-electron chi connectivity index (χ1n) is 6.63. The molecular formula is C14H18F2N2O. The molecule has 0 atom stereocenters. The molecule has 2 N–H and O–H groups in total. The number of nitrogens with one attached hydrogen (secondary N) is 2. The molecule has 5 heteroatoms. The van der Waals surface area contributed by atoms with Crippen LogP contribution in [0.3, 0.4) is 0 Å². The molecule has 2 rings (SSSR count). The van der Waals surface area contributed by atoms with Crippen molar-refractivity contribution in [2.75, 3.05) is 6.54 Å². The predicted molar refractivity (Wildman–Crippen MR) is 68.9 cm³/mol. The third-order valence-corrected chi connectivity index (χ3v) is 3.38. The van der Waals surface area contributed by atoms with Gasteiger partial charge in [0.2, 0.25) is 0 Å². The van der Waals surface area contributed by atoms with Gasteiger partial charge in [0.25, 0.3) is 0 Å². The van der Waals surface area contributed by atoms with E-state index in [1.165, 1.54) is 0 Å². The lowest BCUT2D eigenvalue weighted by Crippen LogP contribution is -2.41. The van der Waals surface area contributed by atoms with E-state index in [1.54, 1.807) is 0 Å². The highest BCUT2D eigenvalue weighted by Gasteiger charge is 2.16. The highest BCUT2D eigenvalue weighted by Crippen LogP contribution is 2.17. The lowest BCUT2D eigenvalue weighted by molar-refractivity contribution is 0.237. The van der Waals surface area contributed by atoms with Gasteiger partial charge in [0.05, 0.1) is 0 Å². The number of rotatable bonds is 4. The first kappa shape index (κ1) is 13.8. The van der Waals surface area contributed by atoms with E-state index >= 15 is 0 Å². The smallest absolute Gasteiger partial charge is 0.315 e. The summed E-state index contributed by atoms with van der Waals surface area (Å²) in [6, 6.07) is 3.36. The number of urea groups is 1. The van der Waals surface area contributed by atoms with Gasteiger partial charge in [-0.25, -0.2) is 13.6 Å². The minimum absolute atomic E-state index is 0.233. The van der Waals surface area contributed by atoms with E-state index in [0.717, 1.165) is 43.9 Å². The van der Waals surface area contributed by atoms with E-state index in [1.807, 2.05) is 0 Å². The van der Waals surface area contributed by atoms with Gasteiger partial charge < -0.3 is 10.6 Å². The topological polar surface area (TPSA) is 41.1 Å². The summed E-state index contributed by atoms with van der Waals surface area (Å²) in [6.07, 6.45) is 4.62. The van der Waals surface area contributed by atoms with E-state index in [-0.39, 0.29) is 24.1 Å². The van der Waals surface area contributed by atoms with Crippen molar-refractivity contribution in [3.63, 3.8) is 0 Å². The average Bonchev–Trinajstić information content (AvgIpc) is 2.86. The van der Waals surface area contributed by atoms with Gasteiger partial charge in [-0.05, 0) is 43.0 Å². The van der Waals surface area contributed by atoms with E-state index in [0.29, 0.717) is 6.54 Å². The summed E-state index contributed by atoms with van der Waals surface area (Å²) in [5, 5.41) is 5.54. The van der Waals surface area contributed by atoms with Crippen molar-refractivity contribution in [3.8, 4) is 0 Å². The van der Waals surface area contributed by atoms with Gasteiger partial charge in [-0.3, -0.25) is 0 Å². The molecule has 1 aromatic carbocycles. The van der Waals surface area contributed by atoms with E-state index < -0.39 is 11.6 Å². The van der Waals surface area contributed by atoms with Crippen molar-refractivity contribution < 1.29 is 13.6 Å². The third-order valence-electron chi connectivity index (χ3n) is 3.38. The van der Waals surface area contributed by atoms with Crippen LogP contribution in [-0.2, 0) is 6.42 Å². The van der Waals surface area contributed by atoms with Crippen LogP contribution >= 0.6 is 0 Å². The molecule has 1 saturated carbocycles. The molecule has 1 aromatic rings. The standard InChI is InChI=1S/C14H18F2N2O/c15-11-5-6-13(16)10(9-11)7-8-17-14(19)18-12-3-1-2-4-12/h5-6,9,12H,1-4,7-8H2,(H2,17,18,19). The van der Waals surface area contributed by atoms with E-state index in [2.05, 4.69) is 10.6 Å². The summed E-state index contributed by atoms with van der Waals surface area (Å²) < 4.78 is 26.3. The van der Waals surface area contributed by atoms with Gasteiger partial charge in [-0.1, -0.05) is 12.8 Å². The van der Waals surface area contributed by atoms with Gasteiger partial charge in [-0.2, -0.15) is 0 Å².